The first kappa shape index (κ1) is 15.2. The fourth-order valence-corrected chi connectivity index (χ4v) is 0.855. The molecule has 0 aliphatic heterocycles. The molecule has 0 spiro atoms. The third-order valence-corrected chi connectivity index (χ3v) is 1.34. The van der Waals surface area contributed by atoms with Crippen LogP contribution in [0.15, 0.2) is 0 Å². The van der Waals surface area contributed by atoms with Crippen LogP contribution >= 0.6 is 12.4 Å². The summed E-state index contributed by atoms with van der Waals surface area (Å²) in [7, 11) is 0. The Hall–Kier alpha value is -0.320. The van der Waals surface area contributed by atoms with E-state index in [2.05, 4.69) is 5.32 Å². The van der Waals surface area contributed by atoms with E-state index in [0.717, 1.165) is 0 Å². The number of aliphatic carboxylic acids is 1. The first-order chi connectivity index (χ1) is 5.24. The van der Waals surface area contributed by atoms with Gasteiger partial charge in [0.1, 0.15) is 6.04 Å². The quantitative estimate of drug-likeness (QED) is 0.641. The molecule has 3 N–H and O–H groups in total. The second kappa shape index (κ2) is 5.42. The second-order valence-corrected chi connectivity index (χ2v) is 3.95. The van der Waals surface area contributed by atoms with Gasteiger partial charge >= 0.3 is 5.97 Å². The summed E-state index contributed by atoms with van der Waals surface area (Å²) < 4.78 is 0. The second-order valence-electron chi connectivity index (χ2n) is 3.95. The summed E-state index contributed by atoms with van der Waals surface area (Å²) >= 11 is 0. The monoisotopic (exact) mass is 211 g/mol. The van der Waals surface area contributed by atoms with Crippen molar-refractivity contribution < 1.29 is 15.0 Å². The Bertz CT molecular complexity index is 165. The highest BCUT2D eigenvalue weighted by Crippen LogP contribution is 2.04. The molecule has 5 heteroatoms. The van der Waals surface area contributed by atoms with E-state index in [-0.39, 0.29) is 17.9 Å². The highest BCUT2D eigenvalue weighted by molar-refractivity contribution is 5.85. The fourth-order valence-electron chi connectivity index (χ4n) is 0.855. The lowest BCUT2D eigenvalue weighted by Gasteiger charge is -2.27. The molecule has 4 nitrogen and oxygen atoms in total. The van der Waals surface area contributed by atoms with Crippen LogP contribution in [0.1, 0.15) is 27.7 Å². The van der Waals surface area contributed by atoms with E-state index in [1.54, 1.807) is 0 Å². The lowest BCUT2D eigenvalue weighted by Crippen LogP contribution is -2.52. The standard InChI is InChI=1S/C8H17NO3.ClH/c1-5(10)6(7(11)12)9-8(2,3)4;/h5-6,9-10H,1-4H3,(H,11,12);1H/t5?,6-;/m0./s1. The van der Waals surface area contributed by atoms with Gasteiger partial charge in [-0.05, 0) is 27.7 Å². The highest BCUT2D eigenvalue weighted by Gasteiger charge is 2.26. The van der Waals surface area contributed by atoms with E-state index in [1.807, 2.05) is 20.8 Å². The fraction of sp³-hybridized carbons (Fsp3) is 0.875. The summed E-state index contributed by atoms with van der Waals surface area (Å²) in [6.07, 6.45) is -0.887. The molecule has 80 valence electrons. The van der Waals surface area contributed by atoms with E-state index in [9.17, 15) is 4.79 Å². The molecule has 0 saturated heterocycles. The van der Waals surface area contributed by atoms with Crippen LogP contribution in [0.25, 0.3) is 0 Å². The number of aliphatic hydroxyl groups is 1. The zero-order chi connectivity index (χ0) is 9.94. The number of carboxylic acids is 1. The molecule has 0 bridgehead atoms. The van der Waals surface area contributed by atoms with Crippen molar-refractivity contribution in [1.82, 2.24) is 5.32 Å². The highest BCUT2D eigenvalue weighted by atomic mass is 35.5. The van der Waals surface area contributed by atoms with Crippen molar-refractivity contribution in [1.29, 1.82) is 0 Å². The summed E-state index contributed by atoms with van der Waals surface area (Å²) in [5, 5.41) is 20.6. The average molecular weight is 212 g/mol. The molecule has 2 atom stereocenters. The van der Waals surface area contributed by atoms with E-state index < -0.39 is 18.1 Å². The number of rotatable bonds is 3. The predicted octanol–water partition coefficient (Wildman–Crippen LogP) is 0.630. The van der Waals surface area contributed by atoms with Crippen LogP contribution in [0.2, 0.25) is 0 Å². The van der Waals surface area contributed by atoms with Gasteiger partial charge in [-0.2, -0.15) is 0 Å². The topological polar surface area (TPSA) is 69.6 Å². The maximum atomic E-state index is 10.6. The summed E-state index contributed by atoms with van der Waals surface area (Å²) in [6, 6.07) is -0.898. The van der Waals surface area contributed by atoms with Gasteiger partial charge < -0.3 is 10.2 Å². The van der Waals surface area contributed by atoms with Crippen molar-refractivity contribution in [2.24, 2.45) is 0 Å². The smallest absolute Gasteiger partial charge is 0.323 e. The number of nitrogens with one attached hydrogen (secondary N) is 1. The average Bonchev–Trinajstić information content (AvgIpc) is 1.79. The molecule has 0 fully saturated rings. The Morgan fingerprint density at radius 3 is 1.85 bits per heavy atom. The van der Waals surface area contributed by atoms with Crippen molar-refractivity contribution in [2.75, 3.05) is 0 Å². The van der Waals surface area contributed by atoms with Gasteiger partial charge in [-0.25, -0.2) is 0 Å². The van der Waals surface area contributed by atoms with Crippen LogP contribution in [-0.2, 0) is 4.79 Å². The van der Waals surface area contributed by atoms with Crippen molar-refractivity contribution >= 4 is 18.4 Å². The van der Waals surface area contributed by atoms with Gasteiger partial charge in [-0.1, -0.05) is 0 Å². The van der Waals surface area contributed by atoms with Crippen LogP contribution in [0.5, 0.6) is 0 Å². The Labute approximate surface area is 84.7 Å². The number of carboxylic acid groups (broad SMARTS) is 1. The number of carbonyl (C=O) groups is 1. The van der Waals surface area contributed by atoms with Gasteiger partial charge in [0, 0.05) is 5.54 Å². The largest absolute Gasteiger partial charge is 0.480 e. The van der Waals surface area contributed by atoms with E-state index in [1.165, 1.54) is 6.92 Å². The third kappa shape index (κ3) is 6.81. The summed E-state index contributed by atoms with van der Waals surface area (Å²) in [6.45, 7) is 7.01. The van der Waals surface area contributed by atoms with E-state index in [4.69, 9.17) is 10.2 Å². The first-order valence-corrected chi connectivity index (χ1v) is 3.92. The summed E-state index contributed by atoms with van der Waals surface area (Å²) in [5.74, 6) is -1.03. The normalized spacial score (nSPS) is 15.8. The van der Waals surface area contributed by atoms with Gasteiger partial charge in [0.15, 0.2) is 0 Å². The van der Waals surface area contributed by atoms with E-state index >= 15 is 0 Å². The molecule has 0 amide bonds. The molecule has 1 unspecified atom stereocenters. The molecule has 0 aliphatic carbocycles. The predicted molar refractivity (Wildman–Crippen MR) is 53.2 cm³/mol. The lowest BCUT2D eigenvalue weighted by molar-refractivity contribution is -0.142. The minimum absolute atomic E-state index is 0. The van der Waals surface area contributed by atoms with Crippen molar-refractivity contribution in [3.05, 3.63) is 0 Å². The lowest BCUT2D eigenvalue weighted by atomic mass is 10.0. The Morgan fingerprint density at radius 1 is 1.38 bits per heavy atom. The zero-order valence-corrected chi connectivity index (χ0v) is 9.18. The zero-order valence-electron chi connectivity index (χ0n) is 8.37. The van der Waals surface area contributed by atoms with Crippen LogP contribution in [-0.4, -0.2) is 33.9 Å². The molecule has 0 rings (SSSR count). The van der Waals surface area contributed by atoms with Gasteiger partial charge in [0.05, 0.1) is 6.10 Å². The van der Waals surface area contributed by atoms with Crippen LogP contribution in [0.4, 0.5) is 0 Å². The maximum absolute atomic E-state index is 10.6. The Morgan fingerprint density at radius 2 is 1.77 bits per heavy atom. The molecule has 0 aromatic carbocycles. The van der Waals surface area contributed by atoms with E-state index in [0.29, 0.717) is 0 Å². The Kier molecular flexibility index (Phi) is 6.32. The van der Waals surface area contributed by atoms with Crippen molar-refractivity contribution in [2.45, 2.75) is 45.4 Å². The van der Waals surface area contributed by atoms with Crippen molar-refractivity contribution in [3.8, 4) is 0 Å². The molecule has 0 radical (unpaired) electrons. The number of aliphatic hydroxyl groups excluding tert-OH is 1. The molecule has 0 aromatic rings. The molecule has 0 saturated carbocycles. The van der Waals surface area contributed by atoms with Gasteiger partial charge in [0.25, 0.3) is 0 Å². The van der Waals surface area contributed by atoms with Crippen LogP contribution in [0, 0.1) is 0 Å². The van der Waals surface area contributed by atoms with Crippen LogP contribution < -0.4 is 5.32 Å². The number of hydrogen-bond acceptors (Lipinski definition) is 3. The first-order valence-electron chi connectivity index (χ1n) is 3.92. The molecule has 0 aliphatic rings. The van der Waals surface area contributed by atoms with Gasteiger partial charge in [-0.3, -0.25) is 10.1 Å². The summed E-state index contributed by atoms with van der Waals surface area (Å²) in [4.78, 5) is 10.6. The molecule has 0 heterocycles. The maximum Gasteiger partial charge on any atom is 0.323 e. The third-order valence-electron chi connectivity index (χ3n) is 1.34. The minimum Gasteiger partial charge on any atom is -0.480 e. The number of halogens is 1. The summed E-state index contributed by atoms with van der Waals surface area (Å²) in [5.41, 5.74) is -0.306. The Balaban J connectivity index is 0. The van der Waals surface area contributed by atoms with Crippen molar-refractivity contribution in [3.63, 3.8) is 0 Å². The molecular formula is C8H18ClNO3. The van der Waals surface area contributed by atoms with Gasteiger partial charge in [0.2, 0.25) is 0 Å². The van der Waals surface area contributed by atoms with Gasteiger partial charge in [-0.15, -0.1) is 12.4 Å². The molecule has 13 heavy (non-hydrogen) atoms. The minimum atomic E-state index is -1.03. The molecular weight excluding hydrogens is 194 g/mol. The number of hydrogen-bond donors (Lipinski definition) is 3. The van der Waals surface area contributed by atoms with Crippen LogP contribution in [0.3, 0.4) is 0 Å². The SMILES string of the molecule is CC(O)[C@H](NC(C)(C)C)C(=O)O.Cl. The molecule has 0 aromatic heterocycles.